The fraction of sp³-hybridized carbons (Fsp3) is 0.500. The molecule has 0 aromatic carbocycles. The Balaban J connectivity index is 2.78. The summed E-state index contributed by atoms with van der Waals surface area (Å²) in [6.45, 7) is 6.20. The zero-order chi connectivity index (χ0) is 18.4. The highest BCUT2D eigenvalue weighted by Crippen LogP contribution is 2.20. The lowest BCUT2D eigenvalue weighted by Crippen LogP contribution is -2.28. The van der Waals surface area contributed by atoms with Gasteiger partial charge in [-0.05, 0) is 26.3 Å². The van der Waals surface area contributed by atoms with Crippen molar-refractivity contribution in [3.8, 4) is 0 Å². The molecule has 1 atom stereocenters. The number of H-pyrrole nitrogens is 1. The maximum Gasteiger partial charge on any atom is 0.339 e. The fourth-order valence-corrected chi connectivity index (χ4v) is 2.26. The lowest BCUT2D eigenvalue weighted by molar-refractivity contribution is -0.146. The van der Waals surface area contributed by atoms with Crippen molar-refractivity contribution in [2.45, 2.75) is 40.2 Å². The predicted octanol–water partition coefficient (Wildman–Crippen LogP) is 1.06. The highest BCUT2D eigenvalue weighted by atomic mass is 16.5. The van der Waals surface area contributed by atoms with Gasteiger partial charge in [0.05, 0.1) is 24.8 Å². The minimum atomic E-state index is -1.02. The van der Waals surface area contributed by atoms with Gasteiger partial charge in [-0.15, -0.1) is 0 Å². The third kappa shape index (κ3) is 4.68. The standard InChI is InChI=1S/C16H22N2O6/c1-8-13(16(22)23-5)9(2)18-14(8)15(21)10(3)24-12(20)6-7-17-11(4)19/h10,18H,6-7H2,1-5H3,(H,17,19)/t10-/m0/s1. The van der Waals surface area contributed by atoms with Crippen molar-refractivity contribution in [3.05, 3.63) is 22.5 Å². The number of carbonyl (C=O) groups is 4. The van der Waals surface area contributed by atoms with Crippen LogP contribution in [0.25, 0.3) is 0 Å². The third-order valence-electron chi connectivity index (χ3n) is 3.45. The van der Waals surface area contributed by atoms with Crippen LogP contribution in [0, 0.1) is 13.8 Å². The minimum Gasteiger partial charge on any atom is -0.465 e. The largest absolute Gasteiger partial charge is 0.465 e. The van der Waals surface area contributed by atoms with Crippen molar-refractivity contribution in [1.29, 1.82) is 0 Å². The average Bonchev–Trinajstić information content (AvgIpc) is 2.80. The summed E-state index contributed by atoms with van der Waals surface area (Å²) in [5.74, 6) is -1.84. The summed E-state index contributed by atoms with van der Waals surface area (Å²) in [5, 5.41) is 2.47. The van der Waals surface area contributed by atoms with Crippen molar-refractivity contribution >= 4 is 23.6 Å². The Labute approximate surface area is 139 Å². The van der Waals surface area contributed by atoms with E-state index >= 15 is 0 Å². The molecule has 8 heteroatoms. The molecule has 0 fully saturated rings. The molecule has 8 nitrogen and oxygen atoms in total. The van der Waals surface area contributed by atoms with Gasteiger partial charge in [-0.3, -0.25) is 14.4 Å². The minimum absolute atomic E-state index is 0.0344. The number of rotatable bonds is 7. The molecular formula is C16H22N2O6. The van der Waals surface area contributed by atoms with Crippen LogP contribution >= 0.6 is 0 Å². The van der Waals surface area contributed by atoms with Crippen LogP contribution in [0.4, 0.5) is 0 Å². The molecule has 1 amide bonds. The number of hydrogen-bond donors (Lipinski definition) is 2. The predicted molar refractivity (Wildman–Crippen MR) is 84.8 cm³/mol. The Kier molecular flexibility index (Phi) is 6.69. The summed E-state index contributed by atoms with van der Waals surface area (Å²) in [5.41, 5.74) is 1.46. The van der Waals surface area contributed by atoms with Crippen molar-refractivity contribution in [1.82, 2.24) is 10.3 Å². The van der Waals surface area contributed by atoms with Gasteiger partial charge in [0.25, 0.3) is 0 Å². The molecular weight excluding hydrogens is 316 g/mol. The number of ketones is 1. The van der Waals surface area contributed by atoms with Crippen molar-refractivity contribution in [2.75, 3.05) is 13.7 Å². The van der Waals surface area contributed by atoms with Crippen LogP contribution in [0.5, 0.6) is 0 Å². The Morgan fingerprint density at radius 1 is 1.21 bits per heavy atom. The molecule has 0 bridgehead atoms. The number of carbonyl (C=O) groups excluding carboxylic acids is 4. The van der Waals surface area contributed by atoms with E-state index in [2.05, 4.69) is 15.0 Å². The second kappa shape index (κ2) is 8.28. The fourth-order valence-electron chi connectivity index (χ4n) is 2.26. The molecule has 132 valence electrons. The molecule has 0 radical (unpaired) electrons. The van der Waals surface area contributed by atoms with Crippen LogP contribution in [0.2, 0.25) is 0 Å². The molecule has 0 spiro atoms. The molecule has 0 aliphatic heterocycles. The molecule has 0 unspecified atom stereocenters. The van der Waals surface area contributed by atoms with Gasteiger partial charge >= 0.3 is 11.9 Å². The Bertz CT molecular complexity index is 662. The van der Waals surface area contributed by atoms with E-state index in [1.807, 2.05) is 0 Å². The lowest BCUT2D eigenvalue weighted by Gasteiger charge is -2.12. The van der Waals surface area contributed by atoms with Crippen LogP contribution in [0.3, 0.4) is 0 Å². The third-order valence-corrected chi connectivity index (χ3v) is 3.45. The highest BCUT2D eigenvalue weighted by Gasteiger charge is 2.27. The zero-order valence-corrected chi connectivity index (χ0v) is 14.4. The number of aryl methyl sites for hydroxylation is 1. The Hall–Kier alpha value is -2.64. The molecule has 24 heavy (non-hydrogen) atoms. The van der Waals surface area contributed by atoms with E-state index in [9.17, 15) is 19.2 Å². The maximum atomic E-state index is 12.4. The van der Waals surface area contributed by atoms with E-state index in [1.54, 1.807) is 13.8 Å². The van der Waals surface area contributed by atoms with Gasteiger partial charge in [0.2, 0.25) is 11.7 Å². The van der Waals surface area contributed by atoms with Crippen molar-refractivity contribution in [2.24, 2.45) is 0 Å². The van der Waals surface area contributed by atoms with E-state index in [0.717, 1.165) is 0 Å². The second-order valence-electron chi connectivity index (χ2n) is 5.35. The number of aromatic amines is 1. The number of amides is 1. The number of hydrogen-bond acceptors (Lipinski definition) is 6. The first-order valence-electron chi connectivity index (χ1n) is 7.44. The first kappa shape index (κ1) is 19.4. The monoisotopic (exact) mass is 338 g/mol. The van der Waals surface area contributed by atoms with Crippen LogP contribution in [0.1, 0.15) is 52.4 Å². The van der Waals surface area contributed by atoms with E-state index in [4.69, 9.17) is 4.74 Å². The number of ether oxygens (including phenoxy) is 2. The van der Waals surface area contributed by atoms with E-state index in [0.29, 0.717) is 16.8 Å². The lowest BCUT2D eigenvalue weighted by atomic mass is 10.1. The summed E-state index contributed by atoms with van der Waals surface area (Å²) < 4.78 is 9.75. The highest BCUT2D eigenvalue weighted by molar-refractivity contribution is 6.03. The van der Waals surface area contributed by atoms with Gasteiger partial charge in [0.1, 0.15) is 0 Å². The first-order valence-corrected chi connectivity index (χ1v) is 7.44. The van der Waals surface area contributed by atoms with E-state index in [-0.39, 0.29) is 24.6 Å². The van der Waals surface area contributed by atoms with Gasteiger partial charge in [-0.1, -0.05) is 0 Å². The van der Waals surface area contributed by atoms with Crippen molar-refractivity contribution in [3.63, 3.8) is 0 Å². The van der Waals surface area contributed by atoms with Gasteiger partial charge in [-0.25, -0.2) is 4.79 Å². The molecule has 0 saturated carbocycles. The summed E-state index contributed by atoms with van der Waals surface area (Å²) in [6, 6.07) is 0. The van der Waals surface area contributed by atoms with Crippen LogP contribution in [-0.4, -0.2) is 48.4 Å². The summed E-state index contributed by atoms with van der Waals surface area (Å²) >= 11 is 0. The average molecular weight is 338 g/mol. The number of esters is 2. The smallest absolute Gasteiger partial charge is 0.339 e. The molecule has 0 saturated heterocycles. The van der Waals surface area contributed by atoms with Gasteiger partial charge in [0, 0.05) is 19.2 Å². The Morgan fingerprint density at radius 3 is 2.38 bits per heavy atom. The first-order chi connectivity index (χ1) is 11.2. The molecule has 1 aromatic rings. The zero-order valence-electron chi connectivity index (χ0n) is 14.4. The maximum absolute atomic E-state index is 12.4. The topological polar surface area (TPSA) is 115 Å². The normalized spacial score (nSPS) is 11.5. The number of aromatic nitrogens is 1. The van der Waals surface area contributed by atoms with Crippen LogP contribution in [0.15, 0.2) is 0 Å². The van der Waals surface area contributed by atoms with E-state index < -0.39 is 23.8 Å². The number of nitrogens with one attached hydrogen (secondary N) is 2. The van der Waals surface area contributed by atoms with Crippen molar-refractivity contribution < 1.29 is 28.7 Å². The quantitative estimate of drug-likeness (QED) is 0.567. The van der Waals surface area contributed by atoms with E-state index in [1.165, 1.54) is 21.0 Å². The van der Waals surface area contributed by atoms with Crippen LogP contribution < -0.4 is 5.32 Å². The van der Waals surface area contributed by atoms with Gasteiger partial charge in [-0.2, -0.15) is 0 Å². The SMILES string of the molecule is COC(=O)c1c(C)[nH]c(C(=O)[C@H](C)OC(=O)CCNC(C)=O)c1C. The second-order valence-corrected chi connectivity index (χ2v) is 5.35. The molecule has 1 rings (SSSR count). The molecule has 0 aliphatic carbocycles. The van der Waals surface area contributed by atoms with Crippen LogP contribution in [-0.2, 0) is 19.1 Å². The molecule has 2 N–H and O–H groups in total. The molecule has 0 aliphatic rings. The number of Topliss-reactive ketones (excluding diaryl/α,β-unsaturated/α-hetero) is 1. The summed E-state index contributed by atoms with van der Waals surface area (Å²) in [7, 11) is 1.26. The Morgan fingerprint density at radius 2 is 1.83 bits per heavy atom. The number of methoxy groups -OCH3 is 1. The molecule has 1 heterocycles. The summed E-state index contributed by atoms with van der Waals surface area (Å²) in [4.78, 5) is 49.4. The summed E-state index contributed by atoms with van der Waals surface area (Å²) in [6.07, 6.45) is -1.05. The van der Waals surface area contributed by atoms with Gasteiger partial charge < -0.3 is 19.8 Å². The van der Waals surface area contributed by atoms with Gasteiger partial charge in [0.15, 0.2) is 6.10 Å². The molecule has 1 aromatic heterocycles.